The van der Waals surface area contributed by atoms with Gasteiger partial charge in [-0.1, -0.05) is 0 Å². The SMILES string of the molecule is Cc1nc2c(-c3ccc(F)cc3F)nc(N3C[C@@H](C)O[C@H](c4cnn(C5CC5)c4)C3)nc2c(=O)n1C. The number of aryl methyl sites for hydroxylation is 1. The van der Waals surface area contributed by atoms with Crippen molar-refractivity contribution in [2.24, 2.45) is 7.05 Å². The second-order valence-electron chi connectivity index (χ2n) is 9.54. The van der Waals surface area contributed by atoms with Crippen LogP contribution in [0.4, 0.5) is 14.7 Å². The third-order valence-electron chi connectivity index (χ3n) is 6.78. The summed E-state index contributed by atoms with van der Waals surface area (Å²) in [6, 6.07) is 3.72. The summed E-state index contributed by atoms with van der Waals surface area (Å²) < 4.78 is 38.1. The molecule has 0 bridgehead atoms. The van der Waals surface area contributed by atoms with Crippen LogP contribution in [0.15, 0.2) is 35.4 Å². The molecule has 1 aromatic carbocycles. The molecule has 0 N–H and O–H groups in total. The monoisotopic (exact) mass is 493 g/mol. The normalized spacial score (nSPS) is 20.3. The van der Waals surface area contributed by atoms with Gasteiger partial charge in [0.2, 0.25) is 5.95 Å². The minimum Gasteiger partial charge on any atom is -0.367 e. The molecule has 0 spiro atoms. The number of anilines is 1. The highest BCUT2D eigenvalue weighted by atomic mass is 19.1. The highest BCUT2D eigenvalue weighted by Crippen LogP contribution is 2.36. The Morgan fingerprint density at radius 2 is 1.89 bits per heavy atom. The lowest BCUT2D eigenvalue weighted by Crippen LogP contribution is -2.43. The zero-order valence-electron chi connectivity index (χ0n) is 20.2. The van der Waals surface area contributed by atoms with Crippen LogP contribution in [-0.4, -0.2) is 48.5 Å². The topological polar surface area (TPSA) is 91.0 Å². The summed E-state index contributed by atoms with van der Waals surface area (Å²) in [5, 5.41) is 4.48. The number of hydrogen-bond donors (Lipinski definition) is 0. The van der Waals surface area contributed by atoms with Gasteiger partial charge in [0.25, 0.3) is 5.56 Å². The number of rotatable bonds is 4. The molecule has 1 aliphatic carbocycles. The summed E-state index contributed by atoms with van der Waals surface area (Å²) in [7, 11) is 1.61. The van der Waals surface area contributed by atoms with Crippen molar-refractivity contribution in [2.45, 2.75) is 44.9 Å². The first kappa shape index (κ1) is 22.7. The Kier molecular flexibility index (Phi) is 5.32. The van der Waals surface area contributed by atoms with Crippen molar-refractivity contribution in [3.05, 3.63) is 64.0 Å². The van der Waals surface area contributed by atoms with E-state index in [-0.39, 0.29) is 46.0 Å². The third-order valence-corrected chi connectivity index (χ3v) is 6.78. The minimum atomic E-state index is -0.790. The molecular formula is C25H25F2N7O2. The van der Waals surface area contributed by atoms with E-state index in [1.165, 1.54) is 10.6 Å². The molecule has 4 heterocycles. The summed E-state index contributed by atoms with van der Waals surface area (Å²) in [6.45, 7) is 4.53. The maximum absolute atomic E-state index is 14.9. The van der Waals surface area contributed by atoms with Gasteiger partial charge < -0.3 is 9.64 Å². The Balaban J connectivity index is 1.47. The Labute approximate surface area is 205 Å². The molecule has 2 atom stereocenters. The van der Waals surface area contributed by atoms with Crippen molar-refractivity contribution in [2.75, 3.05) is 18.0 Å². The molecule has 11 heteroatoms. The van der Waals surface area contributed by atoms with E-state index < -0.39 is 11.6 Å². The molecule has 9 nitrogen and oxygen atoms in total. The fourth-order valence-corrected chi connectivity index (χ4v) is 4.61. The summed E-state index contributed by atoms with van der Waals surface area (Å²) in [6.07, 6.45) is 5.67. The van der Waals surface area contributed by atoms with Crippen LogP contribution >= 0.6 is 0 Å². The molecule has 1 aliphatic heterocycles. The van der Waals surface area contributed by atoms with Gasteiger partial charge in [-0.15, -0.1) is 0 Å². The van der Waals surface area contributed by atoms with Crippen LogP contribution in [0.2, 0.25) is 0 Å². The molecule has 3 aromatic heterocycles. The summed E-state index contributed by atoms with van der Waals surface area (Å²) in [5.74, 6) is -0.799. The molecule has 0 amide bonds. The second kappa shape index (κ2) is 8.44. The van der Waals surface area contributed by atoms with Crippen molar-refractivity contribution in [3.63, 3.8) is 0 Å². The summed E-state index contributed by atoms with van der Waals surface area (Å²) in [4.78, 5) is 28.8. The van der Waals surface area contributed by atoms with Crippen molar-refractivity contribution in [1.29, 1.82) is 0 Å². The van der Waals surface area contributed by atoms with E-state index in [0.717, 1.165) is 30.5 Å². The smallest absolute Gasteiger partial charge is 0.279 e. The van der Waals surface area contributed by atoms with Crippen LogP contribution < -0.4 is 10.5 Å². The predicted molar refractivity (Wildman–Crippen MR) is 129 cm³/mol. The molecule has 186 valence electrons. The van der Waals surface area contributed by atoms with Crippen LogP contribution in [0.1, 0.15) is 43.3 Å². The van der Waals surface area contributed by atoms with Crippen LogP contribution in [0.5, 0.6) is 0 Å². The number of nitrogens with zero attached hydrogens (tertiary/aromatic N) is 7. The van der Waals surface area contributed by atoms with E-state index in [1.807, 2.05) is 28.9 Å². The number of ether oxygens (including phenoxy) is 1. The molecule has 4 aromatic rings. The first-order valence-corrected chi connectivity index (χ1v) is 11.9. The third kappa shape index (κ3) is 3.93. The summed E-state index contributed by atoms with van der Waals surface area (Å²) in [5.41, 5.74) is 1.03. The lowest BCUT2D eigenvalue weighted by Gasteiger charge is -2.36. The van der Waals surface area contributed by atoms with E-state index in [0.29, 0.717) is 25.0 Å². The maximum Gasteiger partial charge on any atom is 0.279 e. The second-order valence-corrected chi connectivity index (χ2v) is 9.54. The average Bonchev–Trinajstić information content (AvgIpc) is 3.58. The fraction of sp³-hybridized carbons (Fsp3) is 0.400. The van der Waals surface area contributed by atoms with Crippen molar-refractivity contribution in [3.8, 4) is 11.3 Å². The molecule has 2 aliphatic rings. The van der Waals surface area contributed by atoms with E-state index in [2.05, 4.69) is 20.1 Å². The zero-order chi connectivity index (χ0) is 25.1. The van der Waals surface area contributed by atoms with Crippen molar-refractivity contribution < 1.29 is 13.5 Å². The van der Waals surface area contributed by atoms with Gasteiger partial charge in [-0.2, -0.15) is 5.10 Å². The zero-order valence-corrected chi connectivity index (χ0v) is 20.2. The first-order chi connectivity index (χ1) is 17.3. The fourth-order valence-electron chi connectivity index (χ4n) is 4.61. The number of halogens is 2. The molecule has 1 saturated carbocycles. The van der Waals surface area contributed by atoms with Crippen LogP contribution in [0.25, 0.3) is 22.3 Å². The number of fused-ring (bicyclic) bond motifs is 1. The number of benzene rings is 1. The van der Waals surface area contributed by atoms with Crippen molar-refractivity contribution >= 4 is 17.0 Å². The number of aromatic nitrogens is 6. The van der Waals surface area contributed by atoms with Gasteiger partial charge in [-0.25, -0.2) is 23.7 Å². The van der Waals surface area contributed by atoms with Gasteiger partial charge in [0.1, 0.15) is 34.8 Å². The first-order valence-electron chi connectivity index (χ1n) is 11.9. The van der Waals surface area contributed by atoms with Gasteiger partial charge in [0, 0.05) is 37.0 Å². The Hall–Kier alpha value is -3.73. The molecule has 0 unspecified atom stereocenters. The van der Waals surface area contributed by atoms with E-state index in [1.54, 1.807) is 14.0 Å². The number of morpholine rings is 1. The van der Waals surface area contributed by atoms with Gasteiger partial charge in [-0.3, -0.25) is 14.0 Å². The van der Waals surface area contributed by atoms with Gasteiger partial charge in [0.15, 0.2) is 5.52 Å². The Bertz CT molecular complexity index is 1550. The van der Waals surface area contributed by atoms with Crippen molar-refractivity contribution in [1.82, 2.24) is 29.3 Å². The molecule has 36 heavy (non-hydrogen) atoms. The lowest BCUT2D eigenvalue weighted by molar-refractivity contribution is -0.0178. The standard InChI is InChI=1S/C25H25F2N7O2/c1-13-10-33(12-20(36-13)15-9-28-34(11-15)17-5-6-17)25-30-21(18-7-4-16(26)8-19(18)27)22-23(31-25)24(35)32(3)14(2)29-22/h4,7-9,11,13,17,20H,5-6,10,12H2,1-3H3/t13-,20+/m1/s1. The molecular weight excluding hydrogens is 468 g/mol. The Morgan fingerprint density at radius 1 is 1.08 bits per heavy atom. The largest absolute Gasteiger partial charge is 0.367 e. The lowest BCUT2D eigenvalue weighted by atomic mass is 10.1. The van der Waals surface area contributed by atoms with Gasteiger partial charge in [-0.05, 0) is 38.8 Å². The average molecular weight is 494 g/mol. The molecule has 2 fully saturated rings. The quantitative estimate of drug-likeness (QED) is 0.430. The predicted octanol–water partition coefficient (Wildman–Crippen LogP) is 3.47. The van der Waals surface area contributed by atoms with Gasteiger partial charge >= 0.3 is 0 Å². The molecule has 6 rings (SSSR count). The van der Waals surface area contributed by atoms with Gasteiger partial charge in [0.05, 0.1) is 24.9 Å². The van der Waals surface area contributed by atoms with Crippen LogP contribution in [0.3, 0.4) is 0 Å². The maximum atomic E-state index is 14.9. The minimum absolute atomic E-state index is 0.0498. The highest BCUT2D eigenvalue weighted by molar-refractivity contribution is 5.89. The number of hydrogen-bond acceptors (Lipinski definition) is 7. The van der Waals surface area contributed by atoms with Crippen LogP contribution in [-0.2, 0) is 11.8 Å². The molecule has 0 radical (unpaired) electrons. The summed E-state index contributed by atoms with van der Waals surface area (Å²) >= 11 is 0. The molecule has 1 saturated heterocycles. The van der Waals surface area contributed by atoms with E-state index >= 15 is 0 Å². The van der Waals surface area contributed by atoms with Crippen LogP contribution in [0, 0.1) is 18.6 Å². The Morgan fingerprint density at radius 3 is 2.64 bits per heavy atom. The van der Waals surface area contributed by atoms with E-state index in [4.69, 9.17) is 4.74 Å². The highest BCUT2D eigenvalue weighted by Gasteiger charge is 2.32. The van der Waals surface area contributed by atoms with E-state index in [9.17, 15) is 13.6 Å².